The first-order valence-corrected chi connectivity index (χ1v) is 13.9. The van der Waals surface area contributed by atoms with Crippen LogP contribution in [0.4, 0.5) is 8.78 Å². The van der Waals surface area contributed by atoms with E-state index in [1.165, 1.54) is 25.8 Å². The first-order valence-electron chi connectivity index (χ1n) is 13.9. The van der Waals surface area contributed by atoms with Gasteiger partial charge in [-0.2, -0.15) is 0 Å². The van der Waals surface area contributed by atoms with Crippen LogP contribution in [0.5, 0.6) is 0 Å². The third kappa shape index (κ3) is 7.11. The molecule has 4 nitrogen and oxygen atoms in total. The third-order valence-electron chi connectivity index (χ3n) is 9.01. The fraction of sp³-hybridized carbons (Fsp3) is 1.00. The van der Waals surface area contributed by atoms with Gasteiger partial charge in [-0.1, -0.05) is 13.8 Å². The largest absolute Gasteiger partial charge is 0.303 e. The summed E-state index contributed by atoms with van der Waals surface area (Å²) in [4.78, 5) is 9.52. The van der Waals surface area contributed by atoms with Gasteiger partial charge in [-0.25, -0.2) is 8.78 Å². The number of hydrogen-bond acceptors (Lipinski definition) is 4. The molecule has 0 N–H and O–H groups in total. The number of likely N-dealkylation sites (tertiary alicyclic amines) is 2. The molecule has 0 aromatic heterocycles. The number of halogens is 2. The summed E-state index contributed by atoms with van der Waals surface area (Å²) in [6, 6.07) is 0.507. The molecule has 6 heteroatoms. The zero-order valence-corrected chi connectivity index (χ0v) is 21.9. The Morgan fingerprint density at radius 3 is 1.39 bits per heavy atom. The number of alkyl halides is 2. The van der Waals surface area contributed by atoms with Gasteiger partial charge in [-0.05, 0) is 70.1 Å². The van der Waals surface area contributed by atoms with E-state index < -0.39 is 11.3 Å². The topological polar surface area (TPSA) is 13.0 Å². The summed E-state index contributed by atoms with van der Waals surface area (Å²) in [5.74, 6) is 0.761. The summed E-state index contributed by atoms with van der Waals surface area (Å²) >= 11 is 0. The molecule has 0 bridgehead atoms. The highest BCUT2D eigenvalue weighted by Crippen LogP contribution is 2.51. The zero-order chi connectivity index (χ0) is 23.7. The van der Waals surface area contributed by atoms with Crippen molar-refractivity contribution in [1.82, 2.24) is 19.6 Å². The lowest BCUT2D eigenvalue weighted by Gasteiger charge is -2.44. The molecular weight excluding hydrogens is 418 g/mol. The molecule has 0 unspecified atom stereocenters. The van der Waals surface area contributed by atoms with E-state index in [4.69, 9.17) is 0 Å². The lowest BCUT2D eigenvalue weighted by molar-refractivity contribution is -0.0165. The number of hydrogen-bond donors (Lipinski definition) is 0. The Kier molecular flexibility index (Phi) is 8.09. The van der Waals surface area contributed by atoms with E-state index >= 15 is 8.78 Å². The molecule has 0 radical (unpaired) electrons. The molecule has 4 rings (SSSR count). The summed E-state index contributed by atoms with van der Waals surface area (Å²) in [5.41, 5.74) is -1.55. The zero-order valence-electron chi connectivity index (χ0n) is 21.9. The Morgan fingerprint density at radius 2 is 1.00 bits per heavy atom. The molecule has 3 heterocycles. The van der Waals surface area contributed by atoms with Gasteiger partial charge < -0.3 is 9.80 Å². The van der Waals surface area contributed by atoms with Crippen LogP contribution in [0.1, 0.15) is 72.6 Å². The minimum Gasteiger partial charge on any atom is -0.303 e. The second kappa shape index (κ2) is 10.4. The molecule has 0 atom stereocenters. The van der Waals surface area contributed by atoms with E-state index in [1.807, 2.05) is 0 Å². The van der Waals surface area contributed by atoms with Crippen molar-refractivity contribution in [2.45, 2.75) is 90.0 Å². The van der Waals surface area contributed by atoms with Crippen LogP contribution >= 0.6 is 0 Å². The Morgan fingerprint density at radius 1 is 0.576 bits per heavy atom. The second-order valence-electron chi connectivity index (χ2n) is 12.9. The molecule has 4 aliphatic rings. The van der Waals surface area contributed by atoms with Gasteiger partial charge in [0.25, 0.3) is 0 Å². The van der Waals surface area contributed by atoms with Crippen molar-refractivity contribution >= 4 is 0 Å². The summed E-state index contributed by atoms with van der Waals surface area (Å²) < 4.78 is 31.1. The number of rotatable bonds is 9. The lowest BCUT2D eigenvalue weighted by Crippen LogP contribution is -2.56. The summed E-state index contributed by atoms with van der Waals surface area (Å²) in [7, 11) is 0. The van der Waals surface area contributed by atoms with E-state index in [1.54, 1.807) is 0 Å². The average molecular weight is 469 g/mol. The Hall–Kier alpha value is -0.300. The van der Waals surface area contributed by atoms with Gasteiger partial charge in [0.05, 0.1) is 0 Å². The van der Waals surface area contributed by atoms with Crippen molar-refractivity contribution in [3.8, 4) is 0 Å². The summed E-state index contributed by atoms with van der Waals surface area (Å²) in [5, 5.41) is 0. The van der Waals surface area contributed by atoms with Crippen LogP contribution in [0.2, 0.25) is 0 Å². The van der Waals surface area contributed by atoms with Crippen LogP contribution in [-0.2, 0) is 0 Å². The van der Waals surface area contributed by atoms with Gasteiger partial charge in [0.15, 0.2) is 0 Å². The second-order valence-corrected chi connectivity index (χ2v) is 12.9. The fourth-order valence-electron chi connectivity index (χ4n) is 6.72. The van der Waals surface area contributed by atoms with E-state index in [0.29, 0.717) is 50.2 Å². The summed E-state index contributed by atoms with van der Waals surface area (Å²) in [6.45, 7) is 18.4. The number of nitrogens with zero attached hydrogens (tertiary/aromatic N) is 4. The van der Waals surface area contributed by atoms with E-state index in [-0.39, 0.29) is 0 Å². The van der Waals surface area contributed by atoms with Crippen molar-refractivity contribution in [3.05, 3.63) is 0 Å². The Balaban J connectivity index is 1.15. The molecule has 3 aliphatic heterocycles. The maximum atomic E-state index is 15.7. The molecule has 192 valence electrons. The highest BCUT2D eigenvalue weighted by molar-refractivity contribution is 4.99. The van der Waals surface area contributed by atoms with E-state index in [2.05, 4.69) is 47.3 Å². The molecule has 0 aromatic rings. The highest BCUT2D eigenvalue weighted by atomic mass is 19.1. The van der Waals surface area contributed by atoms with Crippen LogP contribution in [0, 0.1) is 11.3 Å². The first kappa shape index (κ1) is 25.8. The van der Waals surface area contributed by atoms with Crippen LogP contribution in [0.15, 0.2) is 0 Å². The van der Waals surface area contributed by atoms with Crippen LogP contribution in [-0.4, -0.2) is 109 Å². The molecule has 0 aromatic carbocycles. The Bertz CT molecular complexity index is 612. The highest BCUT2D eigenvalue weighted by Gasteiger charge is 2.46. The predicted octanol–water partition coefficient (Wildman–Crippen LogP) is 4.45. The standard InChI is InChI=1S/C27H50F2N4/c1-23(2)19-25(5-6-25)20-30-11-7-26(28,8-12-30)21-31-15-17-32(18-16-31)22-27(29)9-13-33(14-10-27)24(3)4/h23-24H,5-22H2,1-4H3. The van der Waals surface area contributed by atoms with Crippen LogP contribution in [0.25, 0.3) is 0 Å². The number of piperazine rings is 1. The van der Waals surface area contributed by atoms with Crippen molar-refractivity contribution < 1.29 is 8.78 Å². The smallest absolute Gasteiger partial charge is 0.126 e. The van der Waals surface area contributed by atoms with Gasteiger partial charge in [-0.15, -0.1) is 0 Å². The van der Waals surface area contributed by atoms with Crippen molar-refractivity contribution in [1.29, 1.82) is 0 Å². The average Bonchev–Trinajstić information content (AvgIpc) is 3.49. The summed E-state index contributed by atoms with van der Waals surface area (Å²) in [6.07, 6.45) is 6.69. The first-order chi connectivity index (χ1) is 15.6. The molecule has 0 spiro atoms. The monoisotopic (exact) mass is 468 g/mol. The molecule has 3 saturated heterocycles. The maximum Gasteiger partial charge on any atom is 0.126 e. The maximum absolute atomic E-state index is 15.7. The van der Waals surface area contributed by atoms with E-state index in [9.17, 15) is 0 Å². The van der Waals surface area contributed by atoms with Gasteiger partial charge in [0.2, 0.25) is 0 Å². The lowest BCUT2D eigenvalue weighted by atomic mass is 9.89. The van der Waals surface area contributed by atoms with Crippen LogP contribution in [0.3, 0.4) is 0 Å². The fourth-order valence-corrected chi connectivity index (χ4v) is 6.72. The van der Waals surface area contributed by atoms with Gasteiger partial charge in [0.1, 0.15) is 11.3 Å². The quantitative estimate of drug-likeness (QED) is 0.496. The molecule has 0 amide bonds. The molecule has 33 heavy (non-hydrogen) atoms. The van der Waals surface area contributed by atoms with Gasteiger partial charge >= 0.3 is 0 Å². The van der Waals surface area contributed by atoms with Gasteiger partial charge in [-0.3, -0.25) is 9.80 Å². The minimum atomic E-state index is -1.05. The van der Waals surface area contributed by atoms with Crippen molar-refractivity contribution in [3.63, 3.8) is 0 Å². The van der Waals surface area contributed by atoms with Crippen molar-refractivity contribution in [2.24, 2.45) is 11.3 Å². The normalized spacial score (nSPS) is 29.1. The SMILES string of the molecule is CC(C)CC1(CN2CCC(F)(CN3CCN(CC4(F)CCN(C(C)C)CC4)CC3)CC2)CC1. The van der Waals surface area contributed by atoms with E-state index in [0.717, 1.165) is 58.3 Å². The van der Waals surface area contributed by atoms with Crippen molar-refractivity contribution in [2.75, 3.05) is 72.0 Å². The molecular formula is C27H50F2N4. The Labute approximate surface area is 202 Å². The number of piperidine rings is 2. The third-order valence-corrected chi connectivity index (χ3v) is 9.01. The minimum absolute atomic E-state index is 0.507. The predicted molar refractivity (Wildman–Crippen MR) is 133 cm³/mol. The molecule has 1 saturated carbocycles. The molecule has 1 aliphatic carbocycles. The molecule has 4 fully saturated rings. The van der Waals surface area contributed by atoms with Crippen LogP contribution < -0.4 is 0 Å². The van der Waals surface area contributed by atoms with Gasteiger partial charge in [0, 0.05) is 78.0 Å².